The van der Waals surface area contributed by atoms with Crippen LogP contribution >= 0.6 is 11.6 Å². The number of hydrogen-bond acceptors (Lipinski definition) is 2. The van der Waals surface area contributed by atoms with E-state index in [4.69, 9.17) is 16.7 Å². The highest BCUT2D eigenvalue weighted by Crippen LogP contribution is 2.24. The molecule has 0 fully saturated rings. The number of halogens is 1. The number of carbonyl (C=O) groups is 1. The lowest BCUT2D eigenvalue weighted by Crippen LogP contribution is -2.31. The highest BCUT2D eigenvalue weighted by atomic mass is 35.5. The van der Waals surface area contributed by atoms with Gasteiger partial charge in [-0.3, -0.25) is 4.79 Å². The zero-order chi connectivity index (χ0) is 13.7. The Labute approximate surface area is 116 Å². The quantitative estimate of drug-likeness (QED) is 0.901. The fourth-order valence-corrected chi connectivity index (χ4v) is 2.10. The van der Waals surface area contributed by atoms with Crippen LogP contribution in [0.4, 0.5) is 0 Å². The zero-order valence-corrected chi connectivity index (χ0v) is 11.0. The van der Waals surface area contributed by atoms with E-state index in [9.17, 15) is 4.79 Å². The van der Waals surface area contributed by atoms with Crippen molar-refractivity contribution in [3.05, 3.63) is 70.7 Å². The summed E-state index contributed by atoms with van der Waals surface area (Å²) in [6.45, 7) is -0.538. The van der Waals surface area contributed by atoms with Gasteiger partial charge in [-0.05, 0) is 23.3 Å². The molecule has 19 heavy (non-hydrogen) atoms. The van der Waals surface area contributed by atoms with Crippen LogP contribution in [-0.2, 0) is 4.79 Å². The minimum Gasteiger partial charge on any atom is -0.387 e. The topological polar surface area (TPSA) is 49.3 Å². The molecule has 0 radical (unpaired) electrons. The van der Waals surface area contributed by atoms with Crippen LogP contribution in [0.2, 0.25) is 5.02 Å². The number of aliphatic hydroxyl groups excluding tert-OH is 1. The monoisotopic (exact) mass is 275 g/mol. The van der Waals surface area contributed by atoms with Crippen molar-refractivity contribution in [1.29, 1.82) is 0 Å². The minimum absolute atomic E-state index is 0.320. The van der Waals surface area contributed by atoms with E-state index in [1.165, 1.54) is 0 Å². The van der Waals surface area contributed by atoms with Crippen molar-refractivity contribution in [3.63, 3.8) is 0 Å². The van der Waals surface area contributed by atoms with Crippen LogP contribution in [0.15, 0.2) is 54.6 Å². The van der Waals surface area contributed by atoms with Crippen LogP contribution in [0.5, 0.6) is 0 Å². The van der Waals surface area contributed by atoms with Crippen LogP contribution < -0.4 is 5.32 Å². The Morgan fingerprint density at radius 1 is 1.11 bits per heavy atom. The van der Waals surface area contributed by atoms with Crippen molar-refractivity contribution in [2.45, 2.75) is 6.04 Å². The lowest BCUT2D eigenvalue weighted by molar-refractivity contribution is -0.124. The number of carbonyl (C=O) groups excluding carboxylic acids is 1. The van der Waals surface area contributed by atoms with E-state index >= 15 is 0 Å². The summed E-state index contributed by atoms with van der Waals surface area (Å²) < 4.78 is 0. The van der Waals surface area contributed by atoms with E-state index in [0.717, 1.165) is 11.1 Å². The van der Waals surface area contributed by atoms with Gasteiger partial charge < -0.3 is 10.4 Å². The van der Waals surface area contributed by atoms with Gasteiger partial charge in [-0.2, -0.15) is 0 Å². The lowest BCUT2D eigenvalue weighted by atomic mass is 9.99. The molecule has 0 bridgehead atoms. The van der Waals surface area contributed by atoms with Gasteiger partial charge in [-0.1, -0.05) is 54.1 Å². The number of hydrogen-bond donors (Lipinski definition) is 2. The first kappa shape index (κ1) is 13.6. The highest BCUT2D eigenvalue weighted by Gasteiger charge is 2.16. The Balaban J connectivity index is 2.37. The minimum atomic E-state index is -0.538. The molecule has 0 saturated heterocycles. The summed E-state index contributed by atoms with van der Waals surface area (Å²) >= 11 is 5.98. The molecule has 0 saturated carbocycles. The third-order valence-corrected chi connectivity index (χ3v) is 3.00. The molecule has 2 aromatic rings. The molecular weight excluding hydrogens is 262 g/mol. The smallest absolute Gasteiger partial charge is 0.246 e. The van der Waals surface area contributed by atoms with Crippen molar-refractivity contribution in [2.24, 2.45) is 0 Å². The van der Waals surface area contributed by atoms with Gasteiger partial charge in [-0.15, -0.1) is 0 Å². The Bertz CT molecular complexity index is 557. The van der Waals surface area contributed by atoms with Crippen LogP contribution in [-0.4, -0.2) is 17.6 Å². The molecule has 2 aromatic carbocycles. The predicted octanol–water partition coefficient (Wildman–Crippen LogP) is 2.54. The van der Waals surface area contributed by atoms with Gasteiger partial charge in [0, 0.05) is 5.02 Å². The van der Waals surface area contributed by atoms with Crippen LogP contribution in [0.1, 0.15) is 17.2 Å². The number of benzene rings is 2. The molecule has 0 spiro atoms. The molecule has 2 N–H and O–H groups in total. The number of rotatable bonds is 4. The number of aliphatic hydroxyl groups is 1. The van der Waals surface area contributed by atoms with Gasteiger partial charge in [0.25, 0.3) is 0 Å². The SMILES string of the molecule is O=C(CO)NC(c1ccccc1)c1cccc(Cl)c1. The maximum Gasteiger partial charge on any atom is 0.246 e. The van der Waals surface area contributed by atoms with E-state index < -0.39 is 12.5 Å². The Morgan fingerprint density at radius 3 is 2.42 bits per heavy atom. The normalized spacial score (nSPS) is 11.9. The van der Waals surface area contributed by atoms with Crippen molar-refractivity contribution in [1.82, 2.24) is 5.32 Å². The van der Waals surface area contributed by atoms with E-state index in [-0.39, 0.29) is 6.04 Å². The molecule has 2 rings (SSSR count). The van der Waals surface area contributed by atoms with Crippen LogP contribution in [0.25, 0.3) is 0 Å². The first-order valence-corrected chi connectivity index (χ1v) is 6.29. The standard InChI is InChI=1S/C15H14ClNO2/c16-13-8-4-7-12(9-13)15(17-14(19)10-18)11-5-2-1-3-6-11/h1-9,15,18H,10H2,(H,17,19). The third-order valence-electron chi connectivity index (χ3n) is 2.76. The lowest BCUT2D eigenvalue weighted by Gasteiger charge is -2.19. The van der Waals surface area contributed by atoms with Gasteiger partial charge in [0.15, 0.2) is 0 Å². The van der Waals surface area contributed by atoms with Gasteiger partial charge >= 0.3 is 0 Å². The van der Waals surface area contributed by atoms with Crippen molar-refractivity contribution in [2.75, 3.05) is 6.61 Å². The van der Waals surface area contributed by atoms with Crippen LogP contribution in [0, 0.1) is 0 Å². The summed E-state index contributed by atoms with van der Waals surface area (Å²) in [7, 11) is 0. The maximum absolute atomic E-state index is 11.5. The third kappa shape index (κ3) is 3.56. The summed E-state index contributed by atoms with van der Waals surface area (Å²) in [5.41, 5.74) is 1.81. The van der Waals surface area contributed by atoms with E-state index in [1.54, 1.807) is 12.1 Å². The van der Waals surface area contributed by atoms with Crippen molar-refractivity contribution >= 4 is 17.5 Å². The maximum atomic E-state index is 11.5. The van der Waals surface area contributed by atoms with E-state index in [0.29, 0.717) is 5.02 Å². The zero-order valence-electron chi connectivity index (χ0n) is 10.2. The summed E-state index contributed by atoms with van der Waals surface area (Å²) in [6.07, 6.45) is 0. The predicted molar refractivity (Wildman–Crippen MR) is 75.0 cm³/mol. The van der Waals surface area contributed by atoms with Gasteiger partial charge in [0.1, 0.15) is 6.61 Å². The molecule has 0 aromatic heterocycles. The second-order valence-electron chi connectivity index (χ2n) is 4.12. The average molecular weight is 276 g/mol. The fraction of sp³-hybridized carbons (Fsp3) is 0.133. The first-order chi connectivity index (χ1) is 9.20. The molecule has 0 aliphatic carbocycles. The molecule has 98 valence electrons. The van der Waals surface area contributed by atoms with Crippen molar-refractivity contribution < 1.29 is 9.90 Å². The molecule has 1 atom stereocenters. The molecular formula is C15H14ClNO2. The summed E-state index contributed by atoms with van der Waals surface area (Å²) in [5.74, 6) is -0.422. The molecule has 3 nitrogen and oxygen atoms in total. The summed E-state index contributed by atoms with van der Waals surface area (Å²) in [6, 6.07) is 16.5. The summed E-state index contributed by atoms with van der Waals surface area (Å²) in [4.78, 5) is 11.5. The molecule has 1 amide bonds. The van der Waals surface area contributed by atoms with Gasteiger partial charge in [0.05, 0.1) is 6.04 Å². The Hall–Kier alpha value is -1.84. The highest BCUT2D eigenvalue weighted by molar-refractivity contribution is 6.30. The molecule has 4 heteroatoms. The largest absolute Gasteiger partial charge is 0.387 e. The second kappa shape index (κ2) is 6.36. The summed E-state index contributed by atoms with van der Waals surface area (Å²) in [5, 5.41) is 12.3. The van der Waals surface area contributed by atoms with Crippen molar-refractivity contribution in [3.8, 4) is 0 Å². The molecule has 0 heterocycles. The Kier molecular flexibility index (Phi) is 4.55. The molecule has 1 unspecified atom stereocenters. The van der Waals surface area contributed by atoms with E-state index in [1.807, 2.05) is 42.5 Å². The van der Waals surface area contributed by atoms with Crippen LogP contribution in [0.3, 0.4) is 0 Å². The molecule has 0 aliphatic rings. The van der Waals surface area contributed by atoms with Gasteiger partial charge in [0.2, 0.25) is 5.91 Å². The fourth-order valence-electron chi connectivity index (χ4n) is 1.90. The average Bonchev–Trinajstić information content (AvgIpc) is 2.45. The van der Waals surface area contributed by atoms with E-state index in [2.05, 4.69) is 5.32 Å². The first-order valence-electron chi connectivity index (χ1n) is 5.91. The second-order valence-corrected chi connectivity index (χ2v) is 4.56. The molecule has 0 aliphatic heterocycles. The Morgan fingerprint density at radius 2 is 1.79 bits per heavy atom. The number of amides is 1. The van der Waals surface area contributed by atoms with Gasteiger partial charge in [-0.25, -0.2) is 0 Å². The number of nitrogens with one attached hydrogen (secondary N) is 1.